The second kappa shape index (κ2) is 12.4. The van der Waals surface area contributed by atoms with E-state index in [0.717, 1.165) is 11.1 Å². The van der Waals surface area contributed by atoms with Gasteiger partial charge in [0.05, 0.1) is 21.0 Å². The van der Waals surface area contributed by atoms with Crippen LogP contribution in [0.3, 0.4) is 0 Å². The maximum absolute atomic E-state index is 14.2. The van der Waals surface area contributed by atoms with E-state index >= 15 is 0 Å². The van der Waals surface area contributed by atoms with Crippen LogP contribution in [0.4, 0.5) is 25.1 Å². The molecule has 0 spiro atoms. The Morgan fingerprint density at radius 2 is 1.74 bits per heavy atom. The number of anilines is 2. The van der Waals surface area contributed by atoms with E-state index in [-0.39, 0.29) is 42.1 Å². The highest BCUT2D eigenvalue weighted by Crippen LogP contribution is 2.34. The first-order valence-corrected chi connectivity index (χ1v) is 15.9. The number of aryl methyl sites for hydroxylation is 1. The third-order valence-electron chi connectivity index (χ3n) is 6.94. The summed E-state index contributed by atoms with van der Waals surface area (Å²) >= 11 is 0. The lowest BCUT2D eigenvalue weighted by molar-refractivity contribution is -0.0102. The Bertz CT molecular complexity index is 1640. The molecule has 1 saturated heterocycles. The summed E-state index contributed by atoms with van der Waals surface area (Å²) < 4.78 is 50.7. The van der Waals surface area contributed by atoms with Crippen molar-refractivity contribution in [2.75, 3.05) is 29.6 Å². The number of amides is 2. The van der Waals surface area contributed by atoms with Crippen LogP contribution in [0, 0.1) is 13.8 Å². The van der Waals surface area contributed by atoms with Crippen LogP contribution >= 0.6 is 0 Å². The van der Waals surface area contributed by atoms with E-state index in [4.69, 9.17) is 4.74 Å². The van der Waals surface area contributed by atoms with Crippen LogP contribution in [0.15, 0.2) is 57.8 Å². The van der Waals surface area contributed by atoms with Gasteiger partial charge in [-0.15, -0.1) is 14.6 Å². The largest absolute Gasteiger partial charge is 0.442 e. The number of aromatic nitrogens is 2. The highest BCUT2D eigenvalue weighted by atomic mass is 32.2. The predicted molar refractivity (Wildman–Crippen MR) is 163 cm³/mol. The molecule has 1 atom stereocenters. The number of carbonyl (C=O) groups is 2. The minimum Gasteiger partial charge on any atom is -0.442 e. The molecular weight excluding hydrogens is 576 g/mol. The van der Waals surface area contributed by atoms with Gasteiger partial charge in [-0.05, 0) is 64.8 Å². The summed E-state index contributed by atoms with van der Waals surface area (Å²) in [6.45, 7) is 9.07. The van der Waals surface area contributed by atoms with Gasteiger partial charge in [0.1, 0.15) is 5.60 Å². The van der Waals surface area contributed by atoms with Crippen molar-refractivity contribution < 1.29 is 27.3 Å². The van der Waals surface area contributed by atoms with E-state index in [1.54, 1.807) is 50.8 Å². The van der Waals surface area contributed by atoms with Gasteiger partial charge in [-0.2, -0.15) is 0 Å². The minimum atomic E-state index is -3.20. The van der Waals surface area contributed by atoms with Crippen molar-refractivity contribution in [3.63, 3.8) is 0 Å². The maximum atomic E-state index is 14.2. The molecule has 0 bridgehead atoms. The lowest BCUT2D eigenvalue weighted by Crippen LogP contribution is -2.30. The van der Waals surface area contributed by atoms with E-state index in [2.05, 4.69) is 19.9 Å². The van der Waals surface area contributed by atoms with Gasteiger partial charge in [0, 0.05) is 48.3 Å². The predicted octanol–water partition coefficient (Wildman–Crippen LogP) is 7.03. The molecule has 1 aromatic heterocycles. The number of nitrogens with one attached hydrogen (secondary N) is 1. The Morgan fingerprint density at radius 1 is 1.05 bits per heavy atom. The molecule has 0 aliphatic carbocycles. The fourth-order valence-electron chi connectivity index (χ4n) is 4.74. The zero-order valence-corrected chi connectivity index (χ0v) is 26.1. The van der Waals surface area contributed by atoms with Gasteiger partial charge in [-0.1, -0.05) is 35.9 Å². The summed E-state index contributed by atoms with van der Waals surface area (Å²) in [7, 11) is -3.20. The molecule has 9 nitrogen and oxygen atoms in total. The molecule has 1 N–H and O–H groups in total. The van der Waals surface area contributed by atoms with Crippen molar-refractivity contribution >= 4 is 33.2 Å². The molecule has 230 valence electrons. The van der Waals surface area contributed by atoms with E-state index in [1.807, 2.05) is 31.2 Å². The fourth-order valence-corrected chi connectivity index (χ4v) is 5.85. The van der Waals surface area contributed by atoms with Gasteiger partial charge in [-0.3, -0.25) is 4.79 Å². The van der Waals surface area contributed by atoms with Crippen molar-refractivity contribution in [3.8, 4) is 11.3 Å². The van der Waals surface area contributed by atoms with Gasteiger partial charge < -0.3 is 15.0 Å². The number of rotatable bonds is 5. The number of nitrogens with zero attached hydrogens (tertiary/aromatic N) is 4. The number of halogens is 2. The first-order chi connectivity index (χ1) is 20.0. The molecule has 12 heteroatoms. The number of hydrogen-bond acceptors (Lipinski definition) is 7. The smallest absolute Gasteiger partial charge is 0.442 e. The van der Waals surface area contributed by atoms with Crippen LogP contribution < -0.4 is 10.2 Å². The van der Waals surface area contributed by atoms with Crippen LogP contribution in [0.25, 0.3) is 11.3 Å². The molecular formula is C31H37F2N5O4S. The summed E-state index contributed by atoms with van der Waals surface area (Å²) in [5, 5.41) is 11.6. The van der Waals surface area contributed by atoms with Crippen molar-refractivity contribution in [3.05, 3.63) is 65.2 Å². The molecule has 0 saturated carbocycles. The average molecular weight is 614 g/mol. The van der Waals surface area contributed by atoms with Crippen LogP contribution in [0.5, 0.6) is 0 Å². The van der Waals surface area contributed by atoms with Crippen LogP contribution in [-0.2, 0) is 14.5 Å². The number of hydrogen-bond donors (Lipinski definition) is 1. The number of benzene rings is 2. The van der Waals surface area contributed by atoms with E-state index in [0.29, 0.717) is 23.5 Å². The Morgan fingerprint density at radius 3 is 2.42 bits per heavy atom. The zero-order valence-electron chi connectivity index (χ0n) is 25.2. The van der Waals surface area contributed by atoms with E-state index < -0.39 is 33.3 Å². The van der Waals surface area contributed by atoms with Gasteiger partial charge in [0.2, 0.25) is 5.92 Å². The molecule has 2 heterocycles. The van der Waals surface area contributed by atoms with Crippen molar-refractivity contribution in [1.82, 2.24) is 10.2 Å². The lowest BCUT2D eigenvalue weighted by atomic mass is 10.0. The summed E-state index contributed by atoms with van der Waals surface area (Å²) in [5.41, 5.74) is 2.55. The summed E-state index contributed by atoms with van der Waals surface area (Å²) in [5.74, 6) is -3.10. The average Bonchev–Trinajstić information content (AvgIpc) is 3.08. The highest BCUT2D eigenvalue weighted by molar-refractivity contribution is 7.93. The normalized spacial score (nSPS) is 16.5. The number of alkyl halides is 2. The molecule has 2 amide bonds. The maximum Gasteiger partial charge on any atom is 0.442 e. The SMILES string of the molecule is Cc1ccc(-c2nnc(N3CCCC(F)(F)CC3)c(C(=O)Nc3cccc([S@@](C)(=O)=NC(=O)OC(C)(C)C)c3)c2C)cc1. The Kier molecular flexibility index (Phi) is 9.19. The van der Waals surface area contributed by atoms with Gasteiger partial charge in [-0.25, -0.2) is 17.8 Å². The molecule has 0 radical (unpaired) electrons. The molecule has 1 fully saturated rings. The summed E-state index contributed by atoms with van der Waals surface area (Å²) in [6, 6.07) is 13.8. The first-order valence-electron chi connectivity index (χ1n) is 14.0. The highest BCUT2D eigenvalue weighted by Gasteiger charge is 2.34. The molecule has 1 aliphatic rings. The zero-order chi connectivity index (χ0) is 31.6. The molecule has 1 aliphatic heterocycles. The number of ether oxygens (including phenoxy) is 1. The molecule has 0 unspecified atom stereocenters. The number of carbonyl (C=O) groups excluding carboxylic acids is 2. The van der Waals surface area contributed by atoms with Crippen LogP contribution in [0.1, 0.15) is 61.5 Å². The molecule has 3 aromatic rings. The van der Waals surface area contributed by atoms with Crippen molar-refractivity contribution in [2.45, 2.75) is 70.3 Å². The second-order valence-corrected chi connectivity index (χ2v) is 14.0. The van der Waals surface area contributed by atoms with E-state index in [9.17, 15) is 22.6 Å². The van der Waals surface area contributed by atoms with Crippen LogP contribution in [-0.4, -0.2) is 57.3 Å². The summed E-state index contributed by atoms with van der Waals surface area (Å²) in [6.07, 6.45) is 0.00123. The molecule has 2 aromatic carbocycles. The van der Waals surface area contributed by atoms with Crippen molar-refractivity contribution in [1.29, 1.82) is 0 Å². The van der Waals surface area contributed by atoms with Gasteiger partial charge in [0.25, 0.3) is 5.91 Å². The Hall–Kier alpha value is -3.93. The molecule has 43 heavy (non-hydrogen) atoms. The third-order valence-corrected chi connectivity index (χ3v) is 8.57. The van der Waals surface area contributed by atoms with E-state index in [1.165, 1.54) is 12.3 Å². The minimum absolute atomic E-state index is 0.0187. The van der Waals surface area contributed by atoms with Gasteiger partial charge in [0.15, 0.2) is 5.82 Å². The third kappa shape index (κ3) is 8.13. The topological polar surface area (TPSA) is 114 Å². The second-order valence-electron chi connectivity index (χ2n) is 11.8. The Labute approximate surface area is 251 Å². The molecule has 4 rings (SSSR count). The van der Waals surface area contributed by atoms with Crippen LogP contribution in [0.2, 0.25) is 0 Å². The first kappa shape index (κ1) is 32.0. The summed E-state index contributed by atoms with van der Waals surface area (Å²) in [4.78, 5) is 28.1. The monoisotopic (exact) mass is 613 g/mol. The lowest BCUT2D eigenvalue weighted by Gasteiger charge is -2.25. The Balaban J connectivity index is 1.72. The van der Waals surface area contributed by atoms with Crippen molar-refractivity contribution in [2.24, 2.45) is 4.36 Å². The van der Waals surface area contributed by atoms with Gasteiger partial charge >= 0.3 is 6.09 Å². The quantitative estimate of drug-likeness (QED) is 0.329. The standard InChI is InChI=1S/C31H37F2N5O4S/c1-20-11-13-22(14-12-20)26-21(2)25(27(36-35-26)38-17-8-15-31(32,33)16-18-38)28(39)34-23-9-7-10-24(19-23)43(6,41)37-29(40)42-30(3,4)5/h7,9-14,19H,8,15-18H2,1-6H3,(H,34,39)/t43-/m1/s1. The fraction of sp³-hybridized carbons (Fsp3) is 0.419.